The smallest absolute Gasteiger partial charge is 0.166 e. The van der Waals surface area contributed by atoms with Crippen LogP contribution in [0.25, 0.3) is 11.1 Å². The molecule has 1 nitrogen and oxygen atoms in total. The maximum Gasteiger partial charge on any atom is 0.166 e. The average molecular weight is 455 g/mol. The number of hydrogen-bond donors (Lipinski definition) is 0. The van der Waals surface area contributed by atoms with Gasteiger partial charge in [0.2, 0.25) is 0 Å². The van der Waals surface area contributed by atoms with Crippen LogP contribution < -0.4 is 0 Å². The zero-order chi connectivity index (χ0) is 24.0. The highest BCUT2D eigenvalue weighted by Gasteiger charge is 2.25. The van der Waals surface area contributed by atoms with Gasteiger partial charge >= 0.3 is 0 Å². The summed E-state index contributed by atoms with van der Waals surface area (Å²) < 4.78 is 48.8. The molecule has 0 bridgehead atoms. The van der Waals surface area contributed by atoms with Crippen molar-refractivity contribution in [3.63, 3.8) is 0 Å². The van der Waals surface area contributed by atoms with Crippen molar-refractivity contribution in [3.05, 3.63) is 95.6 Å². The van der Waals surface area contributed by atoms with Crippen LogP contribution in [0.3, 0.4) is 0 Å². The van der Waals surface area contributed by atoms with E-state index < -0.39 is 17.5 Å². The molecule has 0 heterocycles. The zero-order valence-corrected chi connectivity index (χ0v) is 19.6. The van der Waals surface area contributed by atoms with Gasteiger partial charge < -0.3 is 4.74 Å². The van der Waals surface area contributed by atoms with Crippen LogP contribution >= 0.6 is 0 Å². The Bertz CT molecular complexity index is 1010. The van der Waals surface area contributed by atoms with Gasteiger partial charge in [-0.15, -0.1) is 0 Å². The van der Waals surface area contributed by atoms with E-state index in [1.807, 2.05) is 12.1 Å². The molecule has 1 aliphatic carbocycles. The molecule has 1 aliphatic rings. The third kappa shape index (κ3) is 6.40. The predicted molar refractivity (Wildman–Crippen MR) is 130 cm³/mol. The third-order valence-electron chi connectivity index (χ3n) is 6.48. The standard InChI is InChI=1S/C29H33F3O/c1-5-33-21(4)27(30)18-20(3)6-9-22-10-14-24(15-11-22)26-17-16-25(28(31)29(26)32)23-12-7-19(2)8-13-23/h10-11,14-19,23H,3-9,12-13H2,1-2H3/b27-18+. The molecule has 0 atom stereocenters. The van der Waals surface area contributed by atoms with Crippen LogP contribution in [0.5, 0.6) is 0 Å². The van der Waals surface area contributed by atoms with Gasteiger partial charge in [-0.3, -0.25) is 0 Å². The Kier molecular flexibility index (Phi) is 8.60. The van der Waals surface area contributed by atoms with Gasteiger partial charge in [-0.25, -0.2) is 13.2 Å². The summed E-state index contributed by atoms with van der Waals surface area (Å²) in [6, 6.07) is 10.8. The molecule has 0 amide bonds. The first-order valence-electron chi connectivity index (χ1n) is 11.7. The Balaban J connectivity index is 1.65. The Labute approximate surface area is 195 Å². The second-order valence-corrected chi connectivity index (χ2v) is 8.99. The van der Waals surface area contributed by atoms with Gasteiger partial charge in [0.1, 0.15) is 5.76 Å². The molecular formula is C29H33F3O. The Hall–Kier alpha value is -2.75. The summed E-state index contributed by atoms with van der Waals surface area (Å²) in [5, 5.41) is 0. The van der Waals surface area contributed by atoms with Gasteiger partial charge in [-0.2, -0.15) is 0 Å². The third-order valence-corrected chi connectivity index (χ3v) is 6.48. The van der Waals surface area contributed by atoms with E-state index in [1.54, 1.807) is 31.2 Å². The molecule has 0 N–H and O–H groups in total. The van der Waals surface area contributed by atoms with Crippen molar-refractivity contribution in [2.45, 2.75) is 58.3 Å². The number of hydrogen-bond acceptors (Lipinski definition) is 1. The monoisotopic (exact) mass is 454 g/mol. The highest BCUT2D eigenvalue weighted by Crippen LogP contribution is 2.38. The van der Waals surface area contributed by atoms with E-state index in [1.165, 1.54) is 6.08 Å². The average Bonchev–Trinajstić information content (AvgIpc) is 2.81. The first-order chi connectivity index (χ1) is 15.8. The molecule has 2 aromatic rings. The Morgan fingerprint density at radius 3 is 2.30 bits per heavy atom. The van der Waals surface area contributed by atoms with Crippen LogP contribution in [0, 0.1) is 17.6 Å². The zero-order valence-electron chi connectivity index (χ0n) is 19.6. The number of benzene rings is 2. The summed E-state index contributed by atoms with van der Waals surface area (Å²) >= 11 is 0. The fraction of sp³-hybridized carbons (Fsp3) is 0.379. The lowest BCUT2D eigenvalue weighted by atomic mass is 9.79. The molecule has 1 fully saturated rings. The minimum absolute atomic E-state index is 0.00123. The van der Waals surface area contributed by atoms with E-state index in [9.17, 15) is 13.2 Å². The largest absolute Gasteiger partial charge is 0.491 e. The van der Waals surface area contributed by atoms with Gasteiger partial charge in [0, 0.05) is 5.56 Å². The number of halogens is 3. The fourth-order valence-corrected chi connectivity index (χ4v) is 4.40. The highest BCUT2D eigenvalue weighted by atomic mass is 19.2. The van der Waals surface area contributed by atoms with Gasteiger partial charge in [-0.1, -0.05) is 74.9 Å². The lowest BCUT2D eigenvalue weighted by molar-refractivity contribution is 0.226. The molecule has 0 aromatic heterocycles. The minimum atomic E-state index is -0.776. The molecule has 1 saturated carbocycles. The molecular weight excluding hydrogens is 421 g/mol. The number of ether oxygens (including phenoxy) is 1. The van der Waals surface area contributed by atoms with Crippen molar-refractivity contribution in [2.24, 2.45) is 5.92 Å². The van der Waals surface area contributed by atoms with E-state index in [-0.39, 0.29) is 17.2 Å². The van der Waals surface area contributed by atoms with Crippen LogP contribution in [0.2, 0.25) is 0 Å². The fourth-order valence-electron chi connectivity index (χ4n) is 4.40. The molecule has 0 saturated heterocycles. The maximum atomic E-state index is 14.9. The van der Waals surface area contributed by atoms with Gasteiger partial charge in [-0.05, 0) is 67.2 Å². The van der Waals surface area contributed by atoms with E-state index >= 15 is 0 Å². The molecule has 3 rings (SSSR count). The second kappa shape index (κ2) is 11.4. The molecule has 0 aliphatic heterocycles. The first kappa shape index (κ1) is 24.9. The molecule has 0 unspecified atom stereocenters. The predicted octanol–water partition coefficient (Wildman–Crippen LogP) is 8.82. The number of allylic oxidation sites excluding steroid dienone is 3. The second-order valence-electron chi connectivity index (χ2n) is 8.99. The minimum Gasteiger partial charge on any atom is -0.491 e. The summed E-state index contributed by atoms with van der Waals surface area (Å²) in [6.07, 6.45) is 6.49. The normalized spacial score (nSPS) is 18.8. The molecule has 176 valence electrons. The summed E-state index contributed by atoms with van der Waals surface area (Å²) in [5.74, 6) is -1.25. The summed E-state index contributed by atoms with van der Waals surface area (Å²) in [7, 11) is 0. The van der Waals surface area contributed by atoms with Gasteiger partial charge in [0.05, 0.1) is 6.61 Å². The summed E-state index contributed by atoms with van der Waals surface area (Å²) in [6.45, 7) is 11.8. The number of aryl methyl sites for hydroxylation is 1. The van der Waals surface area contributed by atoms with Crippen molar-refractivity contribution in [3.8, 4) is 11.1 Å². The number of rotatable bonds is 9. The van der Waals surface area contributed by atoms with Crippen LogP contribution in [0.4, 0.5) is 13.2 Å². The van der Waals surface area contributed by atoms with E-state index in [4.69, 9.17) is 4.74 Å². The van der Waals surface area contributed by atoms with Crippen molar-refractivity contribution >= 4 is 0 Å². The van der Waals surface area contributed by atoms with Crippen LogP contribution in [-0.2, 0) is 11.2 Å². The van der Waals surface area contributed by atoms with Gasteiger partial charge in [0.25, 0.3) is 0 Å². The van der Waals surface area contributed by atoms with E-state index in [0.29, 0.717) is 42.1 Å². The van der Waals surface area contributed by atoms with Gasteiger partial charge in [0.15, 0.2) is 17.5 Å². The topological polar surface area (TPSA) is 9.23 Å². The van der Waals surface area contributed by atoms with Crippen molar-refractivity contribution < 1.29 is 17.9 Å². The first-order valence-corrected chi connectivity index (χ1v) is 11.7. The van der Waals surface area contributed by atoms with Crippen LogP contribution in [0.1, 0.15) is 63.0 Å². The van der Waals surface area contributed by atoms with Crippen LogP contribution in [0.15, 0.2) is 72.8 Å². The Morgan fingerprint density at radius 1 is 1.00 bits per heavy atom. The maximum absolute atomic E-state index is 14.9. The molecule has 2 aromatic carbocycles. The molecule has 0 radical (unpaired) electrons. The Morgan fingerprint density at radius 2 is 1.67 bits per heavy atom. The van der Waals surface area contributed by atoms with Crippen LogP contribution in [-0.4, -0.2) is 6.61 Å². The molecule has 0 spiro atoms. The van der Waals surface area contributed by atoms with E-state index in [0.717, 1.165) is 31.2 Å². The molecule has 33 heavy (non-hydrogen) atoms. The quantitative estimate of drug-likeness (QED) is 0.272. The van der Waals surface area contributed by atoms with Crippen molar-refractivity contribution in [1.29, 1.82) is 0 Å². The lowest BCUT2D eigenvalue weighted by Gasteiger charge is -2.27. The lowest BCUT2D eigenvalue weighted by Crippen LogP contribution is -2.13. The molecule has 4 heteroatoms. The highest BCUT2D eigenvalue weighted by molar-refractivity contribution is 5.65. The summed E-state index contributed by atoms with van der Waals surface area (Å²) in [4.78, 5) is 0. The van der Waals surface area contributed by atoms with E-state index in [2.05, 4.69) is 20.1 Å². The van der Waals surface area contributed by atoms with Crippen molar-refractivity contribution in [1.82, 2.24) is 0 Å². The summed E-state index contributed by atoms with van der Waals surface area (Å²) in [5.41, 5.74) is 3.04. The SMILES string of the molecule is C=C(/C=C(/F)C(=C)OCC)CCc1ccc(-c2ccc(C3CCC(C)CC3)c(F)c2F)cc1. The van der Waals surface area contributed by atoms with Crippen molar-refractivity contribution in [2.75, 3.05) is 6.61 Å².